The molecular weight excluding hydrogens is 526 g/mol. The summed E-state index contributed by atoms with van der Waals surface area (Å²) in [7, 11) is 0. The molecular formula is C27H27N3O10. The van der Waals surface area contributed by atoms with E-state index in [1.54, 1.807) is 6.08 Å². The highest BCUT2D eigenvalue weighted by atomic mass is 16.6. The minimum atomic E-state index is -0.854. The van der Waals surface area contributed by atoms with E-state index in [0.29, 0.717) is 25.9 Å². The Bertz CT molecular complexity index is 1300. The van der Waals surface area contributed by atoms with E-state index in [1.165, 1.54) is 13.0 Å². The topological polar surface area (TPSA) is 168 Å². The van der Waals surface area contributed by atoms with Crippen LogP contribution in [0.15, 0.2) is 60.7 Å². The number of benzene rings is 2. The van der Waals surface area contributed by atoms with E-state index in [2.05, 4.69) is 11.5 Å². The Morgan fingerprint density at radius 3 is 2.10 bits per heavy atom. The number of carbonyl (C=O) groups excluding carboxylic acids is 3. The zero-order chi connectivity index (χ0) is 29.2. The Balaban J connectivity index is 1.47. The number of anilines is 1. The number of nitro benzene ring substituents is 2. The predicted octanol–water partition coefficient (Wildman–Crippen LogP) is 4.00. The molecule has 2 aromatic carbocycles. The van der Waals surface area contributed by atoms with Gasteiger partial charge in [-0.25, -0.2) is 14.4 Å². The van der Waals surface area contributed by atoms with Crippen molar-refractivity contribution in [3.63, 3.8) is 0 Å². The molecule has 0 aromatic heterocycles. The van der Waals surface area contributed by atoms with Crippen molar-refractivity contribution in [3.05, 3.63) is 92.0 Å². The molecule has 1 saturated heterocycles. The van der Waals surface area contributed by atoms with Crippen molar-refractivity contribution >= 4 is 41.0 Å². The van der Waals surface area contributed by atoms with Crippen LogP contribution in [0, 0.1) is 20.2 Å². The molecule has 210 valence electrons. The Labute approximate surface area is 228 Å². The number of ether oxygens (including phenoxy) is 3. The van der Waals surface area contributed by atoms with Gasteiger partial charge in [0.2, 0.25) is 0 Å². The maximum atomic E-state index is 12.5. The normalized spacial score (nSPS) is 13.5. The first-order valence-corrected chi connectivity index (χ1v) is 12.2. The highest BCUT2D eigenvalue weighted by Gasteiger charge is 2.26. The number of hydrogen-bond acceptors (Lipinski definition) is 11. The zero-order valence-electron chi connectivity index (χ0n) is 21.6. The van der Waals surface area contributed by atoms with Gasteiger partial charge in [-0.1, -0.05) is 18.7 Å². The Morgan fingerprint density at radius 2 is 1.55 bits per heavy atom. The van der Waals surface area contributed by atoms with E-state index in [1.807, 2.05) is 24.3 Å². The standard InChI is InChI=1S/C27H27N3O10/c1-18(2)26(32)39-14-13-38-25(31)8-5-19-3-6-21(7-4-19)28-11-9-24(10-12-28)40-27(33)20-15-22(29(34)35)17-23(16-20)30(36)37/h3-8,15-17,24H,1,9-14H2,2H3/b8-5+. The van der Waals surface area contributed by atoms with Gasteiger partial charge in [-0.3, -0.25) is 20.2 Å². The number of hydrogen-bond donors (Lipinski definition) is 0. The van der Waals surface area contributed by atoms with E-state index in [9.17, 15) is 34.6 Å². The Kier molecular flexibility index (Phi) is 10.1. The molecule has 0 N–H and O–H groups in total. The van der Waals surface area contributed by atoms with Crippen LogP contribution in [0.4, 0.5) is 17.1 Å². The van der Waals surface area contributed by atoms with Gasteiger partial charge < -0.3 is 19.1 Å². The zero-order valence-corrected chi connectivity index (χ0v) is 21.6. The first-order valence-electron chi connectivity index (χ1n) is 12.2. The molecule has 0 atom stereocenters. The molecule has 0 bridgehead atoms. The summed E-state index contributed by atoms with van der Waals surface area (Å²) in [5, 5.41) is 22.1. The summed E-state index contributed by atoms with van der Waals surface area (Å²) >= 11 is 0. The summed E-state index contributed by atoms with van der Waals surface area (Å²) in [6.45, 7) is 5.99. The van der Waals surface area contributed by atoms with E-state index in [-0.39, 0.29) is 24.4 Å². The highest BCUT2D eigenvalue weighted by Crippen LogP contribution is 2.26. The van der Waals surface area contributed by atoms with Gasteiger partial charge in [0.25, 0.3) is 11.4 Å². The van der Waals surface area contributed by atoms with Crippen LogP contribution >= 0.6 is 0 Å². The Hall–Kier alpha value is -5.07. The van der Waals surface area contributed by atoms with Crippen molar-refractivity contribution < 1.29 is 38.4 Å². The SMILES string of the molecule is C=C(C)C(=O)OCCOC(=O)/C=C/c1ccc(N2CCC(OC(=O)c3cc([N+](=O)[O-])cc([N+](=O)[O-])c3)CC2)cc1. The molecule has 1 aliphatic rings. The Morgan fingerprint density at radius 1 is 0.975 bits per heavy atom. The van der Waals surface area contributed by atoms with Gasteiger partial charge in [0.1, 0.15) is 19.3 Å². The minimum absolute atomic E-state index is 0.0623. The monoisotopic (exact) mass is 553 g/mol. The molecule has 13 heteroatoms. The molecule has 13 nitrogen and oxygen atoms in total. The van der Waals surface area contributed by atoms with Crippen molar-refractivity contribution in [2.75, 3.05) is 31.2 Å². The maximum Gasteiger partial charge on any atom is 0.338 e. The lowest BCUT2D eigenvalue weighted by Gasteiger charge is -2.33. The fourth-order valence-corrected chi connectivity index (χ4v) is 3.78. The second-order valence-corrected chi connectivity index (χ2v) is 8.85. The minimum Gasteiger partial charge on any atom is -0.459 e. The number of esters is 3. The molecule has 1 fully saturated rings. The van der Waals surface area contributed by atoms with Crippen LogP contribution in [-0.4, -0.2) is 60.2 Å². The first kappa shape index (κ1) is 29.5. The lowest BCUT2D eigenvalue weighted by atomic mass is 10.1. The van der Waals surface area contributed by atoms with E-state index < -0.39 is 45.2 Å². The average Bonchev–Trinajstić information content (AvgIpc) is 2.94. The van der Waals surface area contributed by atoms with Crippen molar-refractivity contribution in [3.8, 4) is 0 Å². The van der Waals surface area contributed by atoms with Crippen LogP contribution in [0.3, 0.4) is 0 Å². The quantitative estimate of drug-likeness (QED) is 0.0984. The third-order valence-corrected chi connectivity index (χ3v) is 5.85. The van der Waals surface area contributed by atoms with Gasteiger partial charge in [0.05, 0.1) is 21.5 Å². The van der Waals surface area contributed by atoms with Crippen molar-refractivity contribution in [2.24, 2.45) is 0 Å². The number of nitro groups is 2. The van der Waals surface area contributed by atoms with Gasteiger partial charge in [0.15, 0.2) is 0 Å². The van der Waals surface area contributed by atoms with Crippen LogP contribution in [0.1, 0.15) is 35.7 Å². The number of carbonyl (C=O) groups is 3. The summed E-state index contributed by atoms with van der Waals surface area (Å²) in [5.41, 5.74) is 0.584. The molecule has 0 unspecified atom stereocenters. The van der Waals surface area contributed by atoms with Gasteiger partial charge in [-0.05, 0) is 30.7 Å². The predicted molar refractivity (Wildman–Crippen MR) is 143 cm³/mol. The van der Waals surface area contributed by atoms with E-state index >= 15 is 0 Å². The largest absolute Gasteiger partial charge is 0.459 e. The summed E-state index contributed by atoms with van der Waals surface area (Å²) in [5.74, 6) is -1.98. The fourth-order valence-electron chi connectivity index (χ4n) is 3.78. The summed E-state index contributed by atoms with van der Waals surface area (Å²) < 4.78 is 15.3. The average molecular weight is 554 g/mol. The third-order valence-electron chi connectivity index (χ3n) is 5.85. The van der Waals surface area contributed by atoms with Crippen LogP contribution in [0.5, 0.6) is 0 Å². The number of rotatable bonds is 11. The molecule has 2 aromatic rings. The fraction of sp³-hybridized carbons (Fsp3) is 0.296. The molecule has 1 heterocycles. The lowest BCUT2D eigenvalue weighted by Crippen LogP contribution is -2.37. The molecule has 0 spiro atoms. The van der Waals surface area contributed by atoms with Gasteiger partial charge in [-0.15, -0.1) is 0 Å². The summed E-state index contributed by atoms with van der Waals surface area (Å²) in [6.07, 6.45) is 3.41. The molecule has 0 radical (unpaired) electrons. The van der Waals surface area contributed by atoms with E-state index in [4.69, 9.17) is 14.2 Å². The molecule has 40 heavy (non-hydrogen) atoms. The third kappa shape index (κ3) is 8.48. The van der Waals surface area contributed by atoms with Crippen molar-refractivity contribution in [2.45, 2.75) is 25.9 Å². The number of nitrogens with zero attached hydrogens (tertiary/aromatic N) is 3. The van der Waals surface area contributed by atoms with Crippen LogP contribution in [0.2, 0.25) is 0 Å². The summed E-state index contributed by atoms with van der Waals surface area (Å²) in [6, 6.07) is 10.1. The maximum absolute atomic E-state index is 12.5. The van der Waals surface area contributed by atoms with Crippen LogP contribution in [-0.2, 0) is 23.8 Å². The molecule has 0 amide bonds. The lowest BCUT2D eigenvalue weighted by molar-refractivity contribution is -0.394. The van der Waals surface area contributed by atoms with Crippen LogP contribution < -0.4 is 4.90 Å². The van der Waals surface area contributed by atoms with Crippen molar-refractivity contribution in [1.82, 2.24) is 0 Å². The smallest absolute Gasteiger partial charge is 0.338 e. The van der Waals surface area contributed by atoms with Crippen molar-refractivity contribution in [1.29, 1.82) is 0 Å². The molecule has 3 rings (SSSR count). The van der Waals surface area contributed by atoms with E-state index in [0.717, 1.165) is 29.4 Å². The first-order chi connectivity index (χ1) is 19.0. The molecule has 1 aliphatic heterocycles. The summed E-state index contributed by atoms with van der Waals surface area (Å²) in [4.78, 5) is 58.3. The highest BCUT2D eigenvalue weighted by molar-refractivity contribution is 5.91. The number of piperidine rings is 1. The number of non-ortho nitro benzene ring substituents is 2. The molecule has 0 aliphatic carbocycles. The van der Waals surface area contributed by atoms with Gasteiger partial charge in [0, 0.05) is 55.4 Å². The van der Waals surface area contributed by atoms with Crippen LogP contribution in [0.25, 0.3) is 6.08 Å². The second kappa shape index (κ2) is 13.6. The van der Waals surface area contributed by atoms with Gasteiger partial charge >= 0.3 is 17.9 Å². The molecule has 0 saturated carbocycles. The van der Waals surface area contributed by atoms with Gasteiger partial charge in [-0.2, -0.15) is 0 Å². The second-order valence-electron chi connectivity index (χ2n) is 8.85.